The molecule has 0 unspecified atom stereocenters. The van der Waals surface area contributed by atoms with Gasteiger partial charge in [-0.05, 0) is 19.3 Å². The van der Waals surface area contributed by atoms with E-state index in [1.807, 2.05) is 6.92 Å². The Morgan fingerprint density at radius 1 is 1.09 bits per heavy atom. The van der Waals surface area contributed by atoms with Crippen LogP contribution in [-0.2, 0) is 9.53 Å². The molecule has 1 saturated carbocycles. The molecule has 3 heteroatoms. The normalized spacial score (nSPS) is 25.7. The van der Waals surface area contributed by atoms with Crippen LogP contribution in [0, 0.1) is 11.3 Å². The van der Waals surface area contributed by atoms with E-state index in [4.69, 9.17) is 4.74 Å². The lowest BCUT2D eigenvalue weighted by atomic mass is 9.68. The topological polar surface area (TPSA) is 26.3 Å². The summed E-state index contributed by atoms with van der Waals surface area (Å²) in [6, 6.07) is 1.27. The smallest absolute Gasteiger partial charge is 0.141 e. The van der Waals surface area contributed by atoms with Gasteiger partial charge >= 0.3 is 0 Å². The number of Topliss-reactive ketones (excluding diaryl/α,β-unsaturated/α-hetero) is 1. The number of rotatable bonds is 7. The van der Waals surface area contributed by atoms with E-state index in [0.717, 1.165) is 23.0 Å². The molecule has 0 aromatic rings. The van der Waals surface area contributed by atoms with Crippen molar-refractivity contribution in [2.75, 3.05) is 6.61 Å². The van der Waals surface area contributed by atoms with Crippen molar-refractivity contribution in [3.05, 3.63) is 0 Å². The summed E-state index contributed by atoms with van der Waals surface area (Å²) in [5, 5.41) is 0. The summed E-state index contributed by atoms with van der Waals surface area (Å²) in [4.78, 5) is 12.7. The number of carbonyl (C=O) groups excluding carboxylic acids is 1. The van der Waals surface area contributed by atoms with Gasteiger partial charge in [0.15, 0.2) is 0 Å². The fourth-order valence-electron chi connectivity index (χ4n) is 5.23. The number of hydrogen-bond donors (Lipinski definition) is 0. The van der Waals surface area contributed by atoms with Crippen molar-refractivity contribution in [2.24, 2.45) is 11.3 Å². The molecule has 0 bridgehead atoms. The van der Waals surface area contributed by atoms with Crippen LogP contribution in [0.3, 0.4) is 0 Å². The van der Waals surface area contributed by atoms with Gasteiger partial charge in [0.2, 0.25) is 0 Å². The Morgan fingerprint density at radius 3 is 1.96 bits per heavy atom. The first-order valence-electron chi connectivity index (χ1n) is 9.64. The van der Waals surface area contributed by atoms with Gasteiger partial charge in [-0.2, -0.15) is 0 Å². The molecule has 2 nitrogen and oxygen atoms in total. The van der Waals surface area contributed by atoms with E-state index < -0.39 is 8.07 Å². The minimum atomic E-state index is -1.49. The highest BCUT2D eigenvalue weighted by Gasteiger charge is 2.50. The van der Waals surface area contributed by atoms with Gasteiger partial charge < -0.3 is 4.74 Å². The van der Waals surface area contributed by atoms with Crippen molar-refractivity contribution in [2.45, 2.75) is 104 Å². The van der Waals surface area contributed by atoms with Gasteiger partial charge in [0, 0.05) is 18.4 Å². The molecule has 1 aliphatic rings. The zero-order chi connectivity index (χ0) is 18.0. The van der Waals surface area contributed by atoms with E-state index in [1.54, 1.807) is 0 Å². The van der Waals surface area contributed by atoms with Crippen LogP contribution in [0.1, 0.15) is 75.2 Å². The minimum Gasteiger partial charge on any atom is -0.378 e. The third kappa shape index (κ3) is 4.09. The molecular weight excluding hydrogens is 300 g/mol. The fraction of sp³-hybridized carbons (Fsp3) is 0.950. The molecule has 0 heterocycles. The van der Waals surface area contributed by atoms with Crippen LogP contribution in [0.15, 0.2) is 0 Å². The molecule has 0 spiro atoms. The number of carbonyl (C=O) groups is 1. The molecule has 0 saturated heterocycles. The second-order valence-corrected chi connectivity index (χ2v) is 15.2. The predicted molar refractivity (Wildman–Crippen MR) is 103 cm³/mol. The van der Waals surface area contributed by atoms with Crippen LogP contribution in [0.25, 0.3) is 0 Å². The van der Waals surface area contributed by atoms with Crippen LogP contribution in [0.5, 0.6) is 0 Å². The lowest BCUT2D eigenvalue weighted by Gasteiger charge is -2.50. The zero-order valence-electron chi connectivity index (χ0n) is 17.0. The minimum absolute atomic E-state index is 0.142. The Balaban J connectivity index is 3.15. The maximum atomic E-state index is 12.7. The van der Waals surface area contributed by atoms with Crippen molar-refractivity contribution in [1.29, 1.82) is 0 Å². The van der Waals surface area contributed by atoms with Gasteiger partial charge in [0.05, 0.1) is 14.2 Å². The van der Waals surface area contributed by atoms with E-state index in [-0.39, 0.29) is 11.5 Å². The van der Waals surface area contributed by atoms with Crippen molar-refractivity contribution < 1.29 is 9.53 Å². The average Bonchev–Trinajstić information content (AvgIpc) is 2.40. The SMILES string of the molecule is CCO[C@H]1CC(=O)C(C)(C)[C@@H](C[Si](C(C)C)(C(C)C)C(C)C)C1. The summed E-state index contributed by atoms with van der Waals surface area (Å²) in [5.41, 5.74) is 2.06. The number of ether oxygens (including phenoxy) is 1. The molecule has 2 atom stereocenters. The molecule has 0 aromatic heterocycles. The Labute approximate surface area is 145 Å². The van der Waals surface area contributed by atoms with E-state index >= 15 is 0 Å². The highest BCUT2D eigenvalue weighted by Crippen LogP contribution is 2.52. The molecule has 1 fully saturated rings. The van der Waals surface area contributed by atoms with Gasteiger partial charge in [0.1, 0.15) is 5.78 Å². The molecule has 23 heavy (non-hydrogen) atoms. The highest BCUT2D eigenvalue weighted by atomic mass is 28.3. The first kappa shape index (κ1) is 20.9. The zero-order valence-corrected chi connectivity index (χ0v) is 18.0. The maximum Gasteiger partial charge on any atom is 0.141 e. The average molecular weight is 341 g/mol. The number of hydrogen-bond acceptors (Lipinski definition) is 2. The second-order valence-electron chi connectivity index (χ2n) is 9.14. The van der Waals surface area contributed by atoms with Crippen molar-refractivity contribution >= 4 is 13.9 Å². The highest BCUT2D eigenvalue weighted by molar-refractivity contribution is 6.83. The molecule has 136 valence electrons. The van der Waals surface area contributed by atoms with Gasteiger partial charge in [-0.3, -0.25) is 4.79 Å². The standard InChI is InChI=1S/C20H40O2Si/c1-10-22-18-11-17(20(8,9)19(21)12-18)13-23(14(2)3,15(4)5)16(6)7/h14-18H,10-13H2,1-9H3/t17-,18-/m1/s1. The molecule has 0 aromatic carbocycles. The van der Waals surface area contributed by atoms with Crippen LogP contribution in [-0.4, -0.2) is 26.6 Å². The summed E-state index contributed by atoms with van der Waals surface area (Å²) in [6.45, 7) is 21.6. The molecular formula is C20H40O2Si. The largest absolute Gasteiger partial charge is 0.378 e. The number of ketones is 1. The van der Waals surface area contributed by atoms with Crippen LogP contribution >= 0.6 is 0 Å². The van der Waals surface area contributed by atoms with Gasteiger partial charge in [-0.15, -0.1) is 0 Å². The second kappa shape index (κ2) is 7.82. The van der Waals surface area contributed by atoms with E-state index in [1.165, 1.54) is 6.04 Å². The van der Waals surface area contributed by atoms with E-state index in [9.17, 15) is 4.79 Å². The Hall–Kier alpha value is -0.153. The molecule has 0 radical (unpaired) electrons. The Kier molecular flexibility index (Phi) is 7.10. The quantitative estimate of drug-likeness (QED) is 0.525. The lowest BCUT2D eigenvalue weighted by molar-refractivity contribution is -0.138. The summed E-state index contributed by atoms with van der Waals surface area (Å²) in [5.74, 6) is 0.880. The molecule has 0 amide bonds. The molecule has 0 aliphatic heterocycles. The predicted octanol–water partition coefficient (Wildman–Crippen LogP) is 6.08. The first-order valence-corrected chi connectivity index (χ1v) is 12.1. The maximum absolute atomic E-state index is 12.7. The molecule has 1 rings (SSSR count). The summed E-state index contributed by atoms with van der Waals surface area (Å²) < 4.78 is 5.87. The van der Waals surface area contributed by atoms with E-state index in [2.05, 4.69) is 55.4 Å². The molecule has 1 aliphatic carbocycles. The molecule has 0 N–H and O–H groups in total. The van der Waals surface area contributed by atoms with E-state index in [0.29, 0.717) is 24.7 Å². The van der Waals surface area contributed by atoms with Crippen LogP contribution in [0.4, 0.5) is 0 Å². The summed E-state index contributed by atoms with van der Waals surface area (Å²) >= 11 is 0. The van der Waals surface area contributed by atoms with Gasteiger partial charge in [-0.25, -0.2) is 0 Å². The third-order valence-electron chi connectivity index (χ3n) is 6.93. The Bertz CT molecular complexity index is 377. The Morgan fingerprint density at radius 2 is 1.57 bits per heavy atom. The van der Waals surface area contributed by atoms with Crippen molar-refractivity contribution in [3.8, 4) is 0 Å². The monoisotopic (exact) mass is 340 g/mol. The van der Waals surface area contributed by atoms with Crippen LogP contribution < -0.4 is 0 Å². The first-order chi connectivity index (χ1) is 10.5. The van der Waals surface area contributed by atoms with Crippen molar-refractivity contribution in [3.63, 3.8) is 0 Å². The lowest BCUT2D eigenvalue weighted by Crippen LogP contribution is -2.51. The van der Waals surface area contributed by atoms with Crippen LogP contribution in [0.2, 0.25) is 22.7 Å². The summed E-state index contributed by atoms with van der Waals surface area (Å²) in [6.07, 6.45) is 1.81. The third-order valence-corrected chi connectivity index (χ3v) is 14.6. The van der Waals surface area contributed by atoms with Gasteiger partial charge in [0.25, 0.3) is 0 Å². The van der Waals surface area contributed by atoms with Gasteiger partial charge in [-0.1, -0.05) is 78.1 Å². The summed E-state index contributed by atoms with van der Waals surface area (Å²) in [7, 11) is -1.49. The van der Waals surface area contributed by atoms with Crippen molar-refractivity contribution in [1.82, 2.24) is 0 Å². The fourth-order valence-corrected chi connectivity index (χ4v) is 12.2.